The zero-order valence-electron chi connectivity index (χ0n) is 18.1. The number of nitrogens with two attached hydrogens (primary N) is 1. The number of hydrogen-bond acceptors (Lipinski definition) is 7. The number of carbonyl (C=O) groups excluding carboxylic acids is 1. The van der Waals surface area contributed by atoms with Crippen molar-refractivity contribution < 1.29 is 17.9 Å². The molecule has 0 unspecified atom stereocenters. The molecule has 10 heteroatoms. The first-order chi connectivity index (χ1) is 15.9. The summed E-state index contributed by atoms with van der Waals surface area (Å²) in [5, 5.41) is 10.7. The molecule has 1 fully saturated rings. The molecule has 8 nitrogen and oxygen atoms in total. The molecule has 0 saturated carbocycles. The molecule has 1 aliphatic rings. The summed E-state index contributed by atoms with van der Waals surface area (Å²) in [6, 6.07) is 14.5. The second-order valence-electron chi connectivity index (χ2n) is 7.87. The lowest BCUT2D eigenvalue weighted by molar-refractivity contribution is -0.120. The maximum absolute atomic E-state index is 12.3. The number of sulfonamides is 1. The summed E-state index contributed by atoms with van der Waals surface area (Å²) >= 11 is 1.52. The van der Waals surface area contributed by atoms with E-state index >= 15 is 0 Å². The van der Waals surface area contributed by atoms with Crippen molar-refractivity contribution in [3.05, 3.63) is 70.7 Å². The number of rotatable bonds is 8. The van der Waals surface area contributed by atoms with E-state index in [0.717, 1.165) is 54.7 Å². The van der Waals surface area contributed by atoms with Gasteiger partial charge in [0, 0.05) is 37.1 Å². The highest BCUT2D eigenvalue weighted by Gasteiger charge is 2.12. The molecule has 33 heavy (non-hydrogen) atoms. The van der Waals surface area contributed by atoms with Crippen LogP contribution < -0.4 is 10.5 Å². The first-order valence-electron chi connectivity index (χ1n) is 10.6. The molecule has 0 radical (unpaired) electrons. The minimum atomic E-state index is -3.72. The van der Waals surface area contributed by atoms with Gasteiger partial charge in [0.05, 0.1) is 30.2 Å². The van der Waals surface area contributed by atoms with E-state index in [0.29, 0.717) is 6.54 Å². The smallest absolute Gasteiger partial charge is 0.238 e. The number of morpholine rings is 1. The van der Waals surface area contributed by atoms with Gasteiger partial charge in [-0.05, 0) is 23.3 Å². The van der Waals surface area contributed by atoms with Crippen LogP contribution in [-0.2, 0) is 39.1 Å². The van der Waals surface area contributed by atoms with E-state index in [4.69, 9.17) is 9.88 Å². The Hall–Kier alpha value is -2.63. The summed E-state index contributed by atoms with van der Waals surface area (Å²) in [6.45, 7) is 4.71. The number of nitrogens with zero attached hydrogens (tertiary/aromatic N) is 2. The Bertz CT molecular complexity index is 1190. The molecular weight excluding hydrogens is 460 g/mol. The highest BCUT2D eigenvalue weighted by Crippen LogP contribution is 2.24. The molecule has 0 atom stereocenters. The lowest BCUT2D eigenvalue weighted by atomic mass is 10.1. The number of carbonyl (C=O) groups is 1. The van der Waals surface area contributed by atoms with E-state index in [1.165, 1.54) is 29.0 Å². The normalized spacial score (nSPS) is 14.8. The van der Waals surface area contributed by atoms with Crippen molar-refractivity contribution in [3.63, 3.8) is 0 Å². The van der Waals surface area contributed by atoms with Gasteiger partial charge in [0.2, 0.25) is 15.9 Å². The molecule has 1 aromatic heterocycles. The van der Waals surface area contributed by atoms with Crippen LogP contribution in [0.4, 0.5) is 0 Å². The highest BCUT2D eigenvalue weighted by molar-refractivity contribution is 7.89. The number of ether oxygens (including phenoxy) is 1. The maximum Gasteiger partial charge on any atom is 0.238 e. The van der Waals surface area contributed by atoms with Crippen LogP contribution >= 0.6 is 11.3 Å². The van der Waals surface area contributed by atoms with Crippen LogP contribution in [0.25, 0.3) is 10.6 Å². The second kappa shape index (κ2) is 10.5. The SMILES string of the molecule is NS(=O)(=O)c1ccc(CNC(=O)Cc2csc(-c3ccc(CN4CCOCC4)cc3)n2)cc1. The molecule has 4 rings (SSSR count). The predicted octanol–water partition coefficient (Wildman–Crippen LogP) is 2.15. The fourth-order valence-electron chi connectivity index (χ4n) is 3.52. The van der Waals surface area contributed by atoms with E-state index < -0.39 is 10.0 Å². The van der Waals surface area contributed by atoms with Gasteiger partial charge in [-0.2, -0.15) is 0 Å². The van der Waals surface area contributed by atoms with Crippen LogP contribution in [0.5, 0.6) is 0 Å². The average Bonchev–Trinajstić information content (AvgIpc) is 3.27. The Morgan fingerprint density at radius 1 is 1.06 bits per heavy atom. The van der Waals surface area contributed by atoms with Crippen LogP contribution in [0.3, 0.4) is 0 Å². The molecule has 1 saturated heterocycles. The summed E-state index contributed by atoms with van der Waals surface area (Å²) in [6.07, 6.45) is 0.181. The van der Waals surface area contributed by atoms with Crippen molar-refractivity contribution >= 4 is 27.3 Å². The zero-order valence-corrected chi connectivity index (χ0v) is 19.7. The minimum Gasteiger partial charge on any atom is -0.379 e. The molecule has 2 aromatic carbocycles. The molecule has 0 aliphatic carbocycles. The number of primary sulfonamides is 1. The van der Waals surface area contributed by atoms with Crippen molar-refractivity contribution in [1.29, 1.82) is 0 Å². The fraction of sp³-hybridized carbons (Fsp3) is 0.304. The van der Waals surface area contributed by atoms with Crippen molar-refractivity contribution in [2.24, 2.45) is 5.14 Å². The molecule has 3 aromatic rings. The number of hydrogen-bond donors (Lipinski definition) is 2. The van der Waals surface area contributed by atoms with Gasteiger partial charge >= 0.3 is 0 Å². The van der Waals surface area contributed by atoms with Gasteiger partial charge in [0.1, 0.15) is 5.01 Å². The standard InChI is InChI=1S/C23H26N4O4S2/c24-33(29,30)21-7-3-17(4-8-21)14-25-22(28)13-20-16-32-23(26-20)19-5-1-18(2-6-19)15-27-9-11-31-12-10-27/h1-8,16H,9-15H2,(H,25,28)(H2,24,29,30). The van der Waals surface area contributed by atoms with Crippen molar-refractivity contribution in [3.8, 4) is 10.6 Å². The molecule has 2 heterocycles. The van der Waals surface area contributed by atoms with E-state index in [1.54, 1.807) is 12.1 Å². The highest BCUT2D eigenvalue weighted by atomic mass is 32.2. The van der Waals surface area contributed by atoms with Gasteiger partial charge in [-0.3, -0.25) is 9.69 Å². The fourth-order valence-corrected chi connectivity index (χ4v) is 4.86. The quantitative estimate of drug-likeness (QED) is 0.504. The summed E-state index contributed by atoms with van der Waals surface area (Å²) < 4.78 is 28.0. The number of aromatic nitrogens is 1. The van der Waals surface area contributed by atoms with Gasteiger partial charge < -0.3 is 10.1 Å². The van der Waals surface area contributed by atoms with E-state index in [1.807, 2.05) is 5.38 Å². The van der Waals surface area contributed by atoms with Crippen molar-refractivity contribution in [2.45, 2.75) is 24.4 Å². The second-order valence-corrected chi connectivity index (χ2v) is 10.3. The lowest BCUT2D eigenvalue weighted by Crippen LogP contribution is -2.35. The molecule has 1 aliphatic heterocycles. The Labute approximate surface area is 197 Å². The molecule has 3 N–H and O–H groups in total. The topological polar surface area (TPSA) is 115 Å². The summed E-state index contributed by atoms with van der Waals surface area (Å²) in [5.74, 6) is -0.150. The molecule has 0 bridgehead atoms. The first kappa shape index (κ1) is 23.5. The Kier molecular flexibility index (Phi) is 7.51. The van der Waals surface area contributed by atoms with Gasteiger partial charge in [-0.1, -0.05) is 36.4 Å². The average molecular weight is 487 g/mol. The molecule has 174 valence electrons. The van der Waals surface area contributed by atoms with Crippen LogP contribution in [0.2, 0.25) is 0 Å². The third kappa shape index (κ3) is 6.68. The van der Waals surface area contributed by atoms with Crippen LogP contribution in [0.15, 0.2) is 58.8 Å². The number of benzene rings is 2. The summed E-state index contributed by atoms with van der Waals surface area (Å²) in [5.41, 5.74) is 3.79. The zero-order chi connectivity index (χ0) is 23.3. The number of thiazole rings is 1. The van der Waals surface area contributed by atoms with Gasteiger partial charge in [0.15, 0.2) is 0 Å². The van der Waals surface area contributed by atoms with E-state index in [9.17, 15) is 13.2 Å². The Morgan fingerprint density at radius 2 is 1.73 bits per heavy atom. The van der Waals surface area contributed by atoms with E-state index in [2.05, 4.69) is 39.5 Å². The monoisotopic (exact) mass is 486 g/mol. The summed E-state index contributed by atoms with van der Waals surface area (Å²) in [7, 11) is -3.72. The van der Waals surface area contributed by atoms with Crippen molar-refractivity contribution in [1.82, 2.24) is 15.2 Å². The molecular formula is C23H26N4O4S2. The van der Waals surface area contributed by atoms with E-state index in [-0.39, 0.29) is 17.2 Å². The Balaban J connectivity index is 1.28. The van der Waals surface area contributed by atoms with Crippen LogP contribution in [0, 0.1) is 0 Å². The predicted molar refractivity (Wildman–Crippen MR) is 127 cm³/mol. The lowest BCUT2D eigenvalue weighted by Gasteiger charge is -2.26. The Morgan fingerprint density at radius 3 is 2.39 bits per heavy atom. The number of amides is 1. The van der Waals surface area contributed by atoms with Gasteiger partial charge in [0.25, 0.3) is 0 Å². The van der Waals surface area contributed by atoms with Gasteiger partial charge in [-0.25, -0.2) is 18.5 Å². The van der Waals surface area contributed by atoms with Gasteiger partial charge in [-0.15, -0.1) is 11.3 Å². The van der Waals surface area contributed by atoms with Crippen LogP contribution in [0.1, 0.15) is 16.8 Å². The van der Waals surface area contributed by atoms with Crippen LogP contribution in [-0.4, -0.2) is 50.5 Å². The third-order valence-electron chi connectivity index (χ3n) is 5.35. The van der Waals surface area contributed by atoms with Crippen molar-refractivity contribution in [2.75, 3.05) is 26.3 Å². The third-order valence-corrected chi connectivity index (χ3v) is 7.22. The maximum atomic E-state index is 12.3. The largest absolute Gasteiger partial charge is 0.379 e. The molecule has 0 spiro atoms. The first-order valence-corrected chi connectivity index (χ1v) is 13.0. The summed E-state index contributed by atoms with van der Waals surface area (Å²) in [4.78, 5) is 19.4. The number of nitrogens with one attached hydrogen (secondary N) is 1. The molecule has 1 amide bonds. The minimum absolute atomic E-state index is 0.0432.